The molecule has 0 radical (unpaired) electrons. The van der Waals surface area contributed by atoms with E-state index in [0.717, 1.165) is 17.8 Å². The lowest BCUT2D eigenvalue weighted by Crippen LogP contribution is -2.41. The van der Waals surface area contributed by atoms with Gasteiger partial charge in [-0.2, -0.15) is 0 Å². The average Bonchev–Trinajstić information content (AvgIpc) is 2.79. The van der Waals surface area contributed by atoms with Crippen molar-refractivity contribution in [2.75, 3.05) is 0 Å². The zero-order chi connectivity index (χ0) is 11.0. The zero-order valence-electron chi connectivity index (χ0n) is 10.6. The van der Waals surface area contributed by atoms with Crippen LogP contribution in [0.1, 0.15) is 70.6 Å². The summed E-state index contributed by atoms with van der Waals surface area (Å²) in [5.74, 6) is 3.15. The van der Waals surface area contributed by atoms with Gasteiger partial charge in [0.2, 0.25) is 0 Å². The molecule has 0 aromatic rings. The van der Waals surface area contributed by atoms with Crippen LogP contribution in [0.3, 0.4) is 0 Å². The van der Waals surface area contributed by atoms with Gasteiger partial charge in [0.25, 0.3) is 0 Å². The number of fused-ring (bicyclic) bond motifs is 2. The fourth-order valence-electron chi connectivity index (χ4n) is 4.79. The van der Waals surface area contributed by atoms with E-state index in [1.54, 1.807) is 6.42 Å². The summed E-state index contributed by atoms with van der Waals surface area (Å²) < 4.78 is 0. The Bertz CT molecular complexity index is 240. The van der Waals surface area contributed by atoms with Gasteiger partial charge in [-0.05, 0) is 56.3 Å². The Kier molecular flexibility index (Phi) is 2.99. The molecule has 3 aliphatic rings. The maximum atomic E-state index is 6.67. The Labute approximate surface area is 100 Å². The maximum absolute atomic E-state index is 6.67. The third-order valence-corrected chi connectivity index (χ3v) is 5.65. The summed E-state index contributed by atoms with van der Waals surface area (Å²) in [5.41, 5.74) is 6.90. The molecule has 0 aromatic carbocycles. The van der Waals surface area contributed by atoms with Crippen molar-refractivity contribution < 1.29 is 0 Å². The molecule has 2 N–H and O–H groups in total. The van der Waals surface area contributed by atoms with Crippen molar-refractivity contribution in [3.8, 4) is 0 Å². The van der Waals surface area contributed by atoms with Crippen LogP contribution in [0, 0.1) is 17.8 Å². The lowest BCUT2D eigenvalue weighted by atomic mass is 9.76. The van der Waals surface area contributed by atoms with Crippen molar-refractivity contribution in [2.45, 2.75) is 76.2 Å². The highest BCUT2D eigenvalue weighted by Gasteiger charge is 2.42. The monoisotopic (exact) mass is 221 g/mol. The van der Waals surface area contributed by atoms with Gasteiger partial charge in [-0.25, -0.2) is 0 Å². The number of nitrogens with two attached hydrogens (primary N) is 1. The first-order chi connectivity index (χ1) is 7.75. The van der Waals surface area contributed by atoms with Gasteiger partial charge in [-0.3, -0.25) is 0 Å². The molecule has 16 heavy (non-hydrogen) atoms. The number of hydrogen-bond acceptors (Lipinski definition) is 1. The summed E-state index contributed by atoms with van der Waals surface area (Å²) in [6, 6.07) is 0. The van der Waals surface area contributed by atoms with Gasteiger partial charge >= 0.3 is 0 Å². The first kappa shape index (κ1) is 11.1. The van der Waals surface area contributed by atoms with E-state index < -0.39 is 0 Å². The van der Waals surface area contributed by atoms with Crippen LogP contribution < -0.4 is 5.73 Å². The molecule has 3 aliphatic carbocycles. The van der Waals surface area contributed by atoms with E-state index in [2.05, 4.69) is 0 Å². The van der Waals surface area contributed by atoms with E-state index in [0.29, 0.717) is 0 Å². The fourth-order valence-corrected chi connectivity index (χ4v) is 4.79. The van der Waals surface area contributed by atoms with Gasteiger partial charge < -0.3 is 5.73 Å². The summed E-state index contributed by atoms with van der Waals surface area (Å²) in [7, 11) is 0. The SMILES string of the molecule is NC1(CC2CC3CCC2C3)CCCCCC1. The standard InChI is InChI=1S/C15H27N/c16-15(7-3-1-2-4-8-15)11-14-10-12-5-6-13(14)9-12/h12-14H,1-11,16H2. The molecular weight excluding hydrogens is 194 g/mol. The Morgan fingerprint density at radius 1 is 0.938 bits per heavy atom. The third-order valence-electron chi connectivity index (χ3n) is 5.65. The van der Waals surface area contributed by atoms with E-state index in [1.165, 1.54) is 64.2 Å². The minimum atomic E-state index is 0.228. The zero-order valence-corrected chi connectivity index (χ0v) is 10.6. The van der Waals surface area contributed by atoms with Crippen LogP contribution in [0.2, 0.25) is 0 Å². The van der Waals surface area contributed by atoms with Crippen molar-refractivity contribution in [2.24, 2.45) is 23.5 Å². The molecule has 2 bridgehead atoms. The first-order valence-corrected chi connectivity index (χ1v) is 7.54. The molecule has 0 aliphatic heterocycles. The lowest BCUT2D eigenvalue weighted by molar-refractivity contribution is 0.223. The molecule has 1 nitrogen and oxygen atoms in total. The quantitative estimate of drug-likeness (QED) is 0.704. The second-order valence-electron chi connectivity index (χ2n) is 6.92. The Hall–Kier alpha value is -0.0400. The van der Waals surface area contributed by atoms with E-state index >= 15 is 0 Å². The maximum Gasteiger partial charge on any atom is 0.0157 e. The van der Waals surface area contributed by atoms with Gasteiger partial charge in [0, 0.05) is 5.54 Å². The van der Waals surface area contributed by atoms with Crippen LogP contribution in [0.25, 0.3) is 0 Å². The molecule has 0 spiro atoms. The van der Waals surface area contributed by atoms with E-state index in [1.807, 2.05) is 0 Å². The lowest BCUT2D eigenvalue weighted by Gasteiger charge is -2.34. The summed E-state index contributed by atoms with van der Waals surface area (Å²) in [6.07, 6.45) is 15.7. The molecule has 3 atom stereocenters. The first-order valence-electron chi connectivity index (χ1n) is 7.54. The summed E-state index contributed by atoms with van der Waals surface area (Å²) in [5, 5.41) is 0. The van der Waals surface area contributed by atoms with Gasteiger partial charge in [0.05, 0.1) is 0 Å². The van der Waals surface area contributed by atoms with Gasteiger partial charge in [0.15, 0.2) is 0 Å². The van der Waals surface area contributed by atoms with E-state index in [9.17, 15) is 0 Å². The van der Waals surface area contributed by atoms with Crippen LogP contribution in [-0.2, 0) is 0 Å². The highest BCUT2D eigenvalue weighted by atomic mass is 14.7. The van der Waals surface area contributed by atoms with Gasteiger partial charge in [0.1, 0.15) is 0 Å². The van der Waals surface area contributed by atoms with E-state index in [4.69, 9.17) is 5.73 Å². The fraction of sp³-hybridized carbons (Fsp3) is 1.00. The highest BCUT2D eigenvalue weighted by molar-refractivity contribution is 4.96. The largest absolute Gasteiger partial charge is 0.325 e. The van der Waals surface area contributed by atoms with Gasteiger partial charge in [-0.15, -0.1) is 0 Å². The Balaban J connectivity index is 1.60. The molecule has 0 saturated heterocycles. The molecule has 3 rings (SSSR count). The predicted molar refractivity (Wildman–Crippen MR) is 68.2 cm³/mol. The van der Waals surface area contributed by atoms with Crippen LogP contribution in [0.5, 0.6) is 0 Å². The van der Waals surface area contributed by atoms with Crippen molar-refractivity contribution in [1.82, 2.24) is 0 Å². The van der Waals surface area contributed by atoms with Crippen molar-refractivity contribution in [3.63, 3.8) is 0 Å². The minimum Gasteiger partial charge on any atom is -0.325 e. The molecule has 3 saturated carbocycles. The second-order valence-corrected chi connectivity index (χ2v) is 6.92. The topological polar surface area (TPSA) is 26.0 Å². The van der Waals surface area contributed by atoms with Crippen molar-refractivity contribution in [1.29, 1.82) is 0 Å². The highest BCUT2D eigenvalue weighted by Crippen LogP contribution is 2.51. The predicted octanol–water partition coefficient (Wildman–Crippen LogP) is 3.86. The molecule has 92 valence electrons. The van der Waals surface area contributed by atoms with Gasteiger partial charge in [-0.1, -0.05) is 32.1 Å². The van der Waals surface area contributed by atoms with E-state index in [-0.39, 0.29) is 5.54 Å². The summed E-state index contributed by atoms with van der Waals surface area (Å²) in [6.45, 7) is 0. The number of rotatable bonds is 2. The van der Waals surface area contributed by atoms with Crippen LogP contribution in [-0.4, -0.2) is 5.54 Å². The molecule has 1 heteroatoms. The molecule has 0 heterocycles. The molecular formula is C15H27N. The Morgan fingerprint density at radius 2 is 1.69 bits per heavy atom. The normalized spacial score (nSPS) is 42.2. The Morgan fingerprint density at radius 3 is 2.25 bits per heavy atom. The molecule has 3 fully saturated rings. The minimum absolute atomic E-state index is 0.228. The molecule has 0 aromatic heterocycles. The summed E-state index contributed by atoms with van der Waals surface area (Å²) in [4.78, 5) is 0. The molecule has 0 amide bonds. The second kappa shape index (κ2) is 4.33. The van der Waals surface area contributed by atoms with Crippen LogP contribution in [0.4, 0.5) is 0 Å². The van der Waals surface area contributed by atoms with Crippen molar-refractivity contribution >= 4 is 0 Å². The van der Waals surface area contributed by atoms with Crippen molar-refractivity contribution in [3.05, 3.63) is 0 Å². The van der Waals surface area contributed by atoms with Crippen LogP contribution >= 0.6 is 0 Å². The smallest absolute Gasteiger partial charge is 0.0157 e. The average molecular weight is 221 g/mol. The number of hydrogen-bond donors (Lipinski definition) is 1. The summed E-state index contributed by atoms with van der Waals surface area (Å²) >= 11 is 0. The third kappa shape index (κ3) is 2.16. The van der Waals surface area contributed by atoms with Crippen LogP contribution in [0.15, 0.2) is 0 Å². The molecule has 3 unspecified atom stereocenters.